The first-order chi connectivity index (χ1) is 16.1. The van der Waals surface area contributed by atoms with Crippen molar-refractivity contribution in [2.24, 2.45) is 5.92 Å². The van der Waals surface area contributed by atoms with Crippen molar-refractivity contribution in [1.82, 2.24) is 14.5 Å². The van der Waals surface area contributed by atoms with E-state index in [2.05, 4.69) is 5.32 Å². The van der Waals surface area contributed by atoms with Gasteiger partial charge in [0.05, 0.1) is 18.6 Å². The molecule has 0 spiro atoms. The van der Waals surface area contributed by atoms with Crippen LogP contribution in [0.15, 0.2) is 59.5 Å². The Morgan fingerprint density at radius 1 is 1.12 bits per heavy atom. The Morgan fingerprint density at radius 3 is 2.35 bits per heavy atom. The average Bonchev–Trinajstić information content (AvgIpc) is 2.82. The van der Waals surface area contributed by atoms with E-state index < -0.39 is 15.6 Å². The van der Waals surface area contributed by atoms with Crippen molar-refractivity contribution in [3.8, 4) is 5.75 Å². The number of nitrogens with one attached hydrogen (secondary N) is 1. The van der Waals surface area contributed by atoms with E-state index >= 15 is 0 Å². The number of carbonyl (C=O) groups is 2. The van der Waals surface area contributed by atoms with Gasteiger partial charge in [-0.2, -0.15) is 4.31 Å². The minimum atomic E-state index is -4.00. The predicted octanol–water partition coefficient (Wildman–Crippen LogP) is 2.65. The normalized spacial score (nSPS) is 19.3. The zero-order valence-electron chi connectivity index (χ0n) is 20.2. The van der Waals surface area contributed by atoms with Crippen molar-refractivity contribution < 1.29 is 22.7 Å². The average molecular weight is 488 g/mol. The predicted molar refractivity (Wildman–Crippen MR) is 130 cm³/mol. The first kappa shape index (κ1) is 25.7. The van der Waals surface area contributed by atoms with Crippen LogP contribution in [0.2, 0.25) is 0 Å². The van der Waals surface area contributed by atoms with Gasteiger partial charge in [0, 0.05) is 19.6 Å². The van der Waals surface area contributed by atoms with Gasteiger partial charge in [-0.15, -0.1) is 0 Å². The van der Waals surface area contributed by atoms with E-state index in [0.29, 0.717) is 24.6 Å². The molecule has 1 N–H and O–H groups in total. The molecule has 1 fully saturated rings. The molecule has 2 aromatic carbocycles. The Hall–Kier alpha value is -2.91. The summed E-state index contributed by atoms with van der Waals surface area (Å²) < 4.78 is 33.0. The summed E-state index contributed by atoms with van der Waals surface area (Å²) in [6, 6.07) is 15.4. The van der Waals surface area contributed by atoms with Crippen molar-refractivity contribution in [2.75, 3.05) is 26.7 Å². The second-order valence-electron chi connectivity index (χ2n) is 9.12. The van der Waals surface area contributed by atoms with E-state index in [1.165, 1.54) is 24.1 Å². The van der Waals surface area contributed by atoms with E-state index in [4.69, 9.17) is 4.74 Å². The molecule has 8 nitrogen and oxygen atoms in total. The second-order valence-corrected chi connectivity index (χ2v) is 11.1. The van der Waals surface area contributed by atoms with Crippen molar-refractivity contribution in [2.45, 2.75) is 44.2 Å². The number of rotatable bonds is 9. The molecule has 1 atom stereocenters. The third-order valence-electron chi connectivity index (χ3n) is 6.10. The number of amides is 2. The Bertz CT molecular complexity index is 1100. The minimum Gasteiger partial charge on any atom is -0.497 e. The third kappa shape index (κ3) is 5.59. The molecule has 2 aromatic rings. The maximum Gasteiger partial charge on any atom is 0.247 e. The summed E-state index contributed by atoms with van der Waals surface area (Å²) >= 11 is 0. The summed E-state index contributed by atoms with van der Waals surface area (Å²) in [4.78, 5) is 28.2. The number of hydrogen-bond donors (Lipinski definition) is 1. The van der Waals surface area contributed by atoms with Crippen LogP contribution in [-0.4, -0.2) is 61.7 Å². The molecule has 1 aliphatic rings. The Morgan fingerprint density at radius 2 is 1.76 bits per heavy atom. The lowest BCUT2D eigenvalue weighted by Gasteiger charge is -2.47. The van der Waals surface area contributed by atoms with Crippen molar-refractivity contribution in [3.05, 3.63) is 60.2 Å². The van der Waals surface area contributed by atoms with E-state index in [1.54, 1.807) is 19.1 Å². The molecule has 0 aliphatic carbocycles. The molecule has 9 heteroatoms. The fraction of sp³-hybridized carbons (Fsp3) is 0.440. The first-order valence-electron chi connectivity index (χ1n) is 11.3. The van der Waals surface area contributed by atoms with Gasteiger partial charge in [0.1, 0.15) is 11.3 Å². The van der Waals surface area contributed by atoms with Gasteiger partial charge in [0.2, 0.25) is 21.8 Å². The number of carbonyl (C=O) groups excluding carboxylic acids is 2. The maximum atomic E-state index is 13.4. The minimum absolute atomic E-state index is 0.0452. The summed E-state index contributed by atoms with van der Waals surface area (Å²) in [5.41, 5.74) is -0.434. The van der Waals surface area contributed by atoms with Gasteiger partial charge in [-0.1, -0.05) is 44.2 Å². The summed E-state index contributed by atoms with van der Waals surface area (Å²) in [5, 5.41) is 2.90. The molecule has 0 bridgehead atoms. The number of sulfonamides is 1. The molecular weight excluding hydrogens is 454 g/mol. The number of methoxy groups -OCH3 is 1. The largest absolute Gasteiger partial charge is 0.497 e. The fourth-order valence-electron chi connectivity index (χ4n) is 3.98. The molecular formula is C25H33N3O5S. The standard InChI is InChI=1S/C25H33N3O5S/c1-19(2)14-15-28-23(29)17-27(34(31,32)22-12-10-21(33-4)11-13-22)18-25(28,3)24(30)26-16-20-8-6-5-7-9-20/h5-13,19H,14-18H2,1-4H3,(H,26,30). The van der Waals surface area contributed by atoms with Crippen LogP contribution in [0.25, 0.3) is 0 Å². The summed E-state index contributed by atoms with van der Waals surface area (Å²) in [6.07, 6.45) is 0.707. The lowest BCUT2D eigenvalue weighted by atomic mass is 9.94. The molecule has 1 heterocycles. The highest BCUT2D eigenvalue weighted by Gasteiger charge is 2.50. The van der Waals surface area contributed by atoms with Crippen LogP contribution in [-0.2, 0) is 26.2 Å². The van der Waals surface area contributed by atoms with Crippen molar-refractivity contribution >= 4 is 21.8 Å². The zero-order chi connectivity index (χ0) is 24.9. The SMILES string of the molecule is COc1ccc(S(=O)(=O)N2CC(=O)N(CCC(C)C)C(C)(C(=O)NCc3ccccc3)C2)cc1. The highest BCUT2D eigenvalue weighted by molar-refractivity contribution is 7.89. The highest BCUT2D eigenvalue weighted by Crippen LogP contribution is 2.29. The fourth-order valence-corrected chi connectivity index (χ4v) is 5.46. The lowest BCUT2D eigenvalue weighted by Crippen LogP contribution is -2.69. The molecule has 0 aromatic heterocycles. The zero-order valence-corrected chi connectivity index (χ0v) is 21.0. The van der Waals surface area contributed by atoms with Crippen LogP contribution in [0.1, 0.15) is 32.8 Å². The van der Waals surface area contributed by atoms with Crippen LogP contribution < -0.4 is 10.1 Å². The topological polar surface area (TPSA) is 96.0 Å². The van der Waals surface area contributed by atoms with Gasteiger partial charge >= 0.3 is 0 Å². The van der Waals surface area contributed by atoms with Gasteiger partial charge < -0.3 is 15.0 Å². The Labute approximate surface area is 201 Å². The summed E-state index contributed by atoms with van der Waals surface area (Å²) in [7, 11) is -2.50. The quantitative estimate of drug-likeness (QED) is 0.587. The van der Waals surface area contributed by atoms with Gasteiger partial charge in [0.25, 0.3) is 0 Å². The smallest absolute Gasteiger partial charge is 0.247 e. The third-order valence-corrected chi connectivity index (χ3v) is 7.91. The Balaban J connectivity index is 1.89. The molecule has 0 saturated carbocycles. The second kappa shape index (κ2) is 10.6. The molecule has 1 unspecified atom stereocenters. The Kier molecular flexibility index (Phi) is 7.99. The van der Waals surface area contributed by atoms with E-state index in [9.17, 15) is 18.0 Å². The number of benzene rings is 2. The van der Waals surface area contributed by atoms with Gasteiger partial charge in [-0.25, -0.2) is 8.42 Å². The van der Waals surface area contributed by atoms with Crippen LogP contribution in [0, 0.1) is 5.92 Å². The number of ether oxygens (including phenoxy) is 1. The highest BCUT2D eigenvalue weighted by atomic mass is 32.2. The van der Waals surface area contributed by atoms with E-state index in [-0.39, 0.29) is 36.3 Å². The number of hydrogen-bond acceptors (Lipinski definition) is 5. The summed E-state index contributed by atoms with van der Waals surface area (Å²) in [6.45, 7) is 5.94. The van der Waals surface area contributed by atoms with Crippen LogP contribution in [0.4, 0.5) is 0 Å². The summed E-state index contributed by atoms with van der Waals surface area (Å²) in [5.74, 6) is 0.0774. The van der Waals surface area contributed by atoms with Crippen LogP contribution >= 0.6 is 0 Å². The van der Waals surface area contributed by atoms with Gasteiger partial charge in [-0.3, -0.25) is 9.59 Å². The van der Waals surface area contributed by atoms with Gasteiger partial charge in [-0.05, 0) is 49.1 Å². The molecule has 184 valence electrons. The van der Waals surface area contributed by atoms with Crippen molar-refractivity contribution in [3.63, 3.8) is 0 Å². The first-order valence-corrected chi connectivity index (χ1v) is 12.8. The van der Waals surface area contributed by atoms with E-state index in [0.717, 1.165) is 9.87 Å². The molecule has 0 radical (unpaired) electrons. The van der Waals surface area contributed by atoms with Crippen LogP contribution in [0.5, 0.6) is 5.75 Å². The lowest BCUT2D eigenvalue weighted by molar-refractivity contribution is -0.153. The maximum absolute atomic E-state index is 13.4. The monoisotopic (exact) mass is 487 g/mol. The molecule has 3 rings (SSSR count). The molecule has 34 heavy (non-hydrogen) atoms. The van der Waals surface area contributed by atoms with Crippen molar-refractivity contribution in [1.29, 1.82) is 0 Å². The molecule has 1 aliphatic heterocycles. The number of piperazine rings is 1. The van der Waals surface area contributed by atoms with Gasteiger partial charge in [0.15, 0.2) is 0 Å². The molecule has 1 saturated heterocycles. The molecule has 2 amide bonds. The van der Waals surface area contributed by atoms with E-state index in [1.807, 2.05) is 44.2 Å². The van der Waals surface area contributed by atoms with Crippen LogP contribution in [0.3, 0.4) is 0 Å². The number of nitrogens with zero attached hydrogens (tertiary/aromatic N) is 2.